The monoisotopic (exact) mass is 282 g/mol. The minimum atomic E-state index is -1.01. The highest BCUT2D eigenvalue weighted by Gasteiger charge is 2.24. The van der Waals surface area contributed by atoms with E-state index in [1.165, 1.54) is 31.5 Å². The molecule has 0 radical (unpaired) electrons. The Bertz CT molecular complexity index is 465. The van der Waals surface area contributed by atoms with Crippen LogP contribution < -0.4 is 5.32 Å². The number of pyridine rings is 1. The third-order valence-electron chi connectivity index (χ3n) is 3.84. The van der Waals surface area contributed by atoms with Crippen LogP contribution in [0.1, 0.15) is 49.4 Å². The zero-order chi connectivity index (χ0) is 13.8. The van der Waals surface area contributed by atoms with Gasteiger partial charge in [-0.3, -0.25) is 0 Å². The molecule has 1 aliphatic carbocycles. The molecule has 104 valence electrons. The van der Waals surface area contributed by atoms with Gasteiger partial charge in [-0.25, -0.2) is 9.78 Å². The first-order valence-electron chi connectivity index (χ1n) is 6.77. The number of hydrogen-bond acceptors (Lipinski definition) is 3. The minimum Gasteiger partial charge on any atom is -0.478 e. The predicted octanol–water partition coefficient (Wildman–Crippen LogP) is 3.81. The molecule has 0 aromatic carbocycles. The molecule has 2 rings (SSSR count). The van der Waals surface area contributed by atoms with E-state index in [0.29, 0.717) is 22.8 Å². The summed E-state index contributed by atoms with van der Waals surface area (Å²) in [4.78, 5) is 15.0. The molecule has 1 saturated carbocycles. The number of rotatable bonds is 4. The van der Waals surface area contributed by atoms with Gasteiger partial charge in [-0.1, -0.05) is 37.8 Å². The summed E-state index contributed by atoms with van der Waals surface area (Å²) >= 11 is 6.10. The Morgan fingerprint density at radius 1 is 1.53 bits per heavy atom. The maximum atomic E-state index is 10.8. The third kappa shape index (κ3) is 3.38. The highest BCUT2D eigenvalue weighted by atomic mass is 35.5. The highest BCUT2D eigenvalue weighted by molar-refractivity contribution is 6.33. The summed E-state index contributed by atoms with van der Waals surface area (Å²) in [6.07, 6.45) is 7.35. The van der Waals surface area contributed by atoms with Crippen molar-refractivity contribution in [3.05, 3.63) is 22.8 Å². The molecular weight excluding hydrogens is 264 g/mol. The van der Waals surface area contributed by atoms with Crippen LogP contribution in [0.2, 0.25) is 5.02 Å². The summed E-state index contributed by atoms with van der Waals surface area (Å²) < 4.78 is 0. The first-order valence-corrected chi connectivity index (χ1v) is 7.15. The Hall–Kier alpha value is -1.29. The van der Waals surface area contributed by atoms with Crippen molar-refractivity contribution in [3.63, 3.8) is 0 Å². The van der Waals surface area contributed by atoms with Gasteiger partial charge in [0.1, 0.15) is 5.82 Å². The van der Waals surface area contributed by atoms with Crippen molar-refractivity contribution in [3.8, 4) is 0 Å². The van der Waals surface area contributed by atoms with E-state index in [1.807, 2.05) is 0 Å². The molecule has 1 heterocycles. The van der Waals surface area contributed by atoms with Crippen molar-refractivity contribution in [1.29, 1.82) is 0 Å². The number of nitrogens with one attached hydrogen (secondary N) is 1. The van der Waals surface area contributed by atoms with Gasteiger partial charge in [-0.05, 0) is 24.8 Å². The van der Waals surface area contributed by atoms with Crippen LogP contribution >= 0.6 is 11.6 Å². The molecule has 2 N–H and O–H groups in total. The van der Waals surface area contributed by atoms with Gasteiger partial charge in [0.15, 0.2) is 0 Å². The number of aromatic carboxylic acids is 1. The van der Waals surface area contributed by atoms with Crippen LogP contribution in [0.25, 0.3) is 0 Å². The summed E-state index contributed by atoms with van der Waals surface area (Å²) in [6.45, 7) is 2.20. The first-order chi connectivity index (χ1) is 9.11. The molecule has 1 fully saturated rings. The molecular formula is C14H19ClN2O2. The quantitative estimate of drug-likeness (QED) is 0.881. The van der Waals surface area contributed by atoms with Gasteiger partial charge in [-0.15, -0.1) is 0 Å². The lowest BCUT2D eigenvalue weighted by Gasteiger charge is -2.32. The van der Waals surface area contributed by atoms with E-state index in [-0.39, 0.29) is 5.56 Å². The third-order valence-corrected chi connectivity index (χ3v) is 4.13. The van der Waals surface area contributed by atoms with E-state index in [2.05, 4.69) is 17.2 Å². The molecule has 0 aliphatic heterocycles. The van der Waals surface area contributed by atoms with Crippen LogP contribution in [0.4, 0.5) is 5.82 Å². The van der Waals surface area contributed by atoms with Crippen molar-refractivity contribution in [2.45, 2.75) is 45.1 Å². The van der Waals surface area contributed by atoms with Crippen LogP contribution in [-0.4, -0.2) is 22.1 Å². The maximum Gasteiger partial charge on any atom is 0.337 e. The largest absolute Gasteiger partial charge is 0.478 e. The maximum absolute atomic E-state index is 10.8. The molecule has 0 saturated heterocycles. The smallest absolute Gasteiger partial charge is 0.337 e. The number of carboxylic acid groups (broad SMARTS) is 1. The number of halogens is 1. The van der Waals surface area contributed by atoms with Gasteiger partial charge in [0.05, 0.1) is 10.6 Å². The second-order valence-electron chi connectivity index (χ2n) is 5.06. The van der Waals surface area contributed by atoms with Gasteiger partial charge in [0, 0.05) is 12.2 Å². The Balaban J connectivity index is 2.11. The van der Waals surface area contributed by atoms with Crippen molar-refractivity contribution < 1.29 is 9.90 Å². The van der Waals surface area contributed by atoms with Crippen LogP contribution in [0.15, 0.2) is 12.3 Å². The van der Waals surface area contributed by atoms with Crippen LogP contribution in [0.3, 0.4) is 0 Å². The van der Waals surface area contributed by atoms with Gasteiger partial charge in [0.2, 0.25) is 0 Å². The van der Waals surface area contributed by atoms with E-state index in [9.17, 15) is 4.79 Å². The van der Waals surface area contributed by atoms with Crippen LogP contribution in [0, 0.1) is 5.92 Å². The summed E-state index contributed by atoms with van der Waals surface area (Å²) in [6, 6.07) is 1.84. The molecule has 1 aromatic heterocycles. The first kappa shape index (κ1) is 14.1. The van der Waals surface area contributed by atoms with Crippen molar-refractivity contribution in [1.82, 2.24) is 4.98 Å². The zero-order valence-corrected chi connectivity index (χ0v) is 11.8. The number of aromatic nitrogens is 1. The number of carbonyl (C=O) groups is 1. The molecule has 0 spiro atoms. The molecule has 2 unspecified atom stereocenters. The zero-order valence-electron chi connectivity index (χ0n) is 11.0. The summed E-state index contributed by atoms with van der Waals surface area (Å²) in [5, 5.41) is 12.6. The van der Waals surface area contributed by atoms with Gasteiger partial charge in [0.25, 0.3) is 0 Å². The second-order valence-corrected chi connectivity index (χ2v) is 5.47. The summed E-state index contributed by atoms with van der Waals surface area (Å²) in [5.74, 6) is 0.229. The van der Waals surface area contributed by atoms with Crippen molar-refractivity contribution in [2.24, 2.45) is 5.92 Å². The molecule has 5 heteroatoms. The minimum absolute atomic E-state index is 0.117. The number of hydrogen-bond donors (Lipinski definition) is 2. The fourth-order valence-electron chi connectivity index (χ4n) is 2.72. The lowest BCUT2D eigenvalue weighted by Crippen LogP contribution is -2.32. The number of nitrogens with zero attached hydrogens (tertiary/aromatic N) is 1. The van der Waals surface area contributed by atoms with E-state index in [0.717, 1.165) is 12.8 Å². The predicted molar refractivity (Wildman–Crippen MR) is 75.9 cm³/mol. The van der Waals surface area contributed by atoms with E-state index < -0.39 is 5.97 Å². The Morgan fingerprint density at radius 3 is 2.89 bits per heavy atom. The topological polar surface area (TPSA) is 62.2 Å². The van der Waals surface area contributed by atoms with E-state index >= 15 is 0 Å². The fraction of sp³-hybridized carbons (Fsp3) is 0.571. The SMILES string of the molecule is CCC1CCCCC1Nc1ncc(C(=O)O)cc1Cl. The Kier molecular flexibility index (Phi) is 4.64. The molecule has 0 bridgehead atoms. The van der Waals surface area contributed by atoms with Crippen molar-refractivity contribution >= 4 is 23.4 Å². The normalized spacial score (nSPS) is 23.1. The van der Waals surface area contributed by atoms with Gasteiger partial charge in [-0.2, -0.15) is 0 Å². The molecule has 1 aromatic rings. The number of carboxylic acids is 1. The lowest BCUT2D eigenvalue weighted by molar-refractivity contribution is 0.0696. The van der Waals surface area contributed by atoms with Gasteiger partial charge >= 0.3 is 5.97 Å². The summed E-state index contributed by atoms with van der Waals surface area (Å²) in [7, 11) is 0. The Morgan fingerprint density at radius 2 is 2.26 bits per heavy atom. The molecule has 1 aliphatic rings. The second kappa shape index (κ2) is 6.24. The fourth-order valence-corrected chi connectivity index (χ4v) is 2.94. The van der Waals surface area contributed by atoms with E-state index in [1.54, 1.807) is 0 Å². The molecule has 4 nitrogen and oxygen atoms in total. The summed E-state index contributed by atoms with van der Waals surface area (Å²) in [5.41, 5.74) is 0.117. The van der Waals surface area contributed by atoms with Crippen LogP contribution in [-0.2, 0) is 0 Å². The molecule has 0 amide bonds. The van der Waals surface area contributed by atoms with Gasteiger partial charge < -0.3 is 10.4 Å². The Labute approximate surface area is 118 Å². The lowest BCUT2D eigenvalue weighted by atomic mass is 9.83. The van der Waals surface area contributed by atoms with Crippen LogP contribution in [0.5, 0.6) is 0 Å². The average Bonchev–Trinajstić information content (AvgIpc) is 2.41. The van der Waals surface area contributed by atoms with Crippen molar-refractivity contribution in [2.75, 3.05) is 5.32 Å². The highest BCUT2D eigenvalue weighted by Crippen LogP contribution is 2.31. The standard InChI is InChI=1S/C14H19ClN2O2/c1-2-9-5-3-4-6-12(9)17-13-11(15)7-10(8-16-13)14(18)19/h7-9,12H,2-6H2,1H3,(H,16,17)(H,18,19). The average molecular weight is 283 g/mol. The molecule has 2 atom stereocenters. The number of anilines is 1. The molecule has 19 heavy (non-hydrogen) atoms. The van der Waals surface area contributed by atoms with E-state index in [4.69, 9.17) is 16.7 Å².